The summed E-state index contributed by atoms with van der Waals surface area (Å²) in [5.74, 6) is -0.272. The molecule has 0 bridgehead atoms. The molecule has 0 atom stereocenters. The lowest BCUT2D eigenvalue weighted by Crippen LogP contribution is -3.00. The van der Waals surface area contributed by atoms with Gasteiger partial charge >= 0.3 is 5.97 Å². The fraction of sp³-hybridized carbons (Fsp3) is 0.219. The molecule has 4 rings (SSSR count). The van der Waals surface area contributed by atoms with Crippen LogP contribution in [0.3, 0.4) is 0 Å². The maximum Gasteiger partial charge on any atom is 0.338 e. The largest absolute Gasteiger partial charge is 1.00 e. The Hall–Kier alpha value is -2.74. The van der Waals surface area contributed by atoms with Gasteiger partial charge in [0.2, 0.25) is 0 Å². The van der Waals surface area contributed by atoms with E-state index >= 15 is 0 Å². The highest BCUT2D eigenvalue weighted by molar-refractivity contribution is 7.95. The summed E-state index contributed by atoms with van der Waals surface area (Å²) in [6.45, 7) is 5.67. The van der Waals surface area contributed by atoms with E-state index in [2.05, 4.69) is 103 Å². The average Bonchev–Trinajstić information content (AvgIpc) is 2.88. The van der Waals surface area contributed by atoms with Crippen molar-refractivity contribution >= 4 is 29.1 Å². The summed E-state index contributed by atoms with van der Waals surface area (Å²) in [7, 11) is -1.81. The van der Waals surface area contributed by atoms with E-state index < -0.39 is 12.9 Å². The molecular formula is C32H34BrO2P. The van der Waals surface area contributed by atoms with Gasteiger partial charge in [0.05, 0.1) is 11.7 Å². The first kappa shape index (κ1) is 27.8. The van der Waals surface area contributed by atoms with Gasteiger partial charge in [0, 0.05) is 0 Å². The summed E-state index contributed by atoms with van der Waals surface area (Å²) in [6, 6.07) is 40.9. The van der Waals surface area contributed by atoms with Gasteiger partial charge < -0.3 is 21.7 Å². The zero-order valence-electron chi connectivity index (χ0n) is 21.2. The molecule has 0 fully saturated rings. The van der Waals surface area contributed by atoms with E-state index in [1.165, 1.54) is 21.5 Å². The van der Waals surface area contributed by atoms with Crippen molar-refractivity contribution in [2.75, 3.05) is 6.16 Å². The van der Waals surface area contributed by atoms with Crippen molar-refractivity contribution in [3.8, 4) is 0 Å². The van der Waals surface area contributed by atoms with Crippen molar-refractivity contribution in [3.05, 3.63) is 126 Å². The summed E-state index contributed by atoms with van der Waals surface area (Å²) in [5, 5.41) is 4.24. The van der Waals surface area contributed by atoms with Gasteiger partial charge in [-0.25, -0.2) is 4.79 Å². The number of esters is 1. The average molecular weight is 562 g/mol. The van der Waals surface area contributed by atoms with E-state index in [1.807, 2.05) is 32.9 Å². The number of aryl methyl sites for hydroxylation is 1. The van der Waals surface area contributed by atoms with Crippen molar-refractivity contribution in [3.63, 3.8) is 0 Å². The van der Waals surface area contributed by atoms with Crippen LogP contribution in [0.25, 0.3) is 0 Å². The lowest BCUT2D eigenvalue weighted by atomic mass is 10.1. The molecule has 0 aliphatic rings. The van der Waals surface area contributed by atoms with Crippen LogP contribution in [0.5, 0.6) is 0 Å². The Bertz CT molecular complexity index is 1120. The molecule has 0 heterocycles. The van der Waals surface area contributed by atoms with E-state index in [0.29, 0.717) is 5.56 Å². The highest BCUT2D eigenvalue weighted by atomic mass is 79.9. The van der Waals surface area contributed by atoms with Crippen molar-refractivity contribution in [1.82, 2.24) is 0 Å². The highest BCUT2D eigenvalue weighted by Crippen LogP contribution is 2.55. The highest BCUT2D eigenvalue weighted by Gasteiger charge is 2.44. The fourth-order valence-electron chi connectivity index (χ4n) is 4.55. The zero-order chi connectivity index (χ0) is 24.7. The third-order valence-corrected chi connectivity index (χ3v) is 10.7. The lowest BCUT2D eigenvalue weighted by molar-refractivity contribution is -0.000181. The van der Waals surface area contributed by atoms with Crippen LogP contribution >= 0.6 is 7.26 Å². The van der Waals surface area contributed by atoms with Crippen LogP contribution in [0.2, 0.25) is 0 Å². The van der Waals surface area contributed by atoms with E-state index in [4.69, 9.17) is 4.74 Å². The number of benzene rings is 4. The molecule has 0 aromatic heterocycles. The van der Waals surface area contributed by atoms with E-state index in [9.17, 15) is 4.79 Å². The number of ether oxygens (including phenoxy) is 1. The molecule has 0 N–H and O–H groups in total. The number of carbonyl (C=O) groups is 1. The second kappa shape index (κ2) is 12.5. The Balaban J connectivity index is 0.00000361. The smallest absolute Gasteiger partial charge is 0.338 e. The van der Waals surface area contributed by atoms with Gasteiger partial charge in [-0.1, -0.05) is 66.7 Å². The van der Waals surface area contributed by atoms with Crippen molar-refractivity contribution in [1.29, 1.82) is 0 Å². The molecular weight excluding hydrogens is 527 g/mol. The number of rotatable bonds is 8. The normalized spacial score (nSPS) is 11.4. The van der Waals surface area contributed by atoms with Crippen LogP contribution in [-0.4, -0.2) is 17.7 Å². The SMILES string of the molecule is CC(C)(C)OC(=O)c1ccc(CCC[P+](c2ccccc2)(c2ccccc2)c2ccccc2)cc1.[Br-]. The topological polar surface area (TPSA) is 26.3 Å². The standard InChI is InChI=1S/C32H34O2P.BrH/c1-32(2,3)34-31(33)27-23-21-26(22-24-27)14-13-25-35(28-15-7-4-8-16-28,29-17-9-5-10-18-29)30-19-11-6-12-20-30;/h4-12,15-24H,13-14,25H2,1-3H3;1H/q+1;/p-1. The molecule has 4 aromatic carbocycles. The van der Waals surface area contributed by atoms with Crippen LogP contribution in [0.4, 0.5) is 0 Å². The van der Waals surface area contributed by atoms with E-state index in [1.54, 1.807) is 0 Å². The fourth-order valence-corrected chi connectivity index (χ4v) is 8.89. The molecule has 186 valence electrons. The summed E-state index contributed by atoms with van der Waals surface area (Å²) in [4.78, 5) is 12.4. The number of hydrogen-bond donors (Lipinski definition) is 0. The lowest BCUT2D eigenvalue weighted by Gasteiger charge is -2.27. The predicted molar refractivity (Wildman–Crippen MR) is 150 cm³/mol. The minimum Gasteiger partial charge on any atom is -1.00 e. The molecule has 0 spiro atoms. The van der Waals surface area contributed by atoms with Gasteiger partial charge in [0.1, 0.15) is 28.8 Å². The second-order valence-electron chi connectivity index (χ2n) is 9.84. The van der Waals surface area contributed by atoms with Crippen LogP contribution < -0.4 is 32.9 Å². The second-order valence-corrected chi connectivity index (χ2v) is 13.5. The first-order chi connectivity index (χ1) is 16.9. The molecule has 0 saturated heterocycles. The minimum absolute atomic E-state index is 0. The maximum atomic E-state index is 12.4. The summed E-state index contributed by atoms with van der Waals surface area (Å²) >= 11 is 0. The van der Waals surface area contributed by atoms with Crippen molar-refractivity contribution < 1.29 is 26.5 Å². The summed E-state index contributed by atoms with van der Waals surface area (Å²) in [5.41, 5.74) is 1.35. The Morgan fingerprint density at radius 2 is 1.08 bits per heavy atom. The van der Waals surface area contributed by atoms with Gasteiger partial charge in [-0.05, 0) is 87.7 Å². The van der Waals surface area contributed by atoms with Gasteiger partial charge in [-0.2, -0.15) is 0 Å². The zero-order valence-corrected chi connectivity index (χ0v) is 23.7. The first-order valence-corrected chi connectivity index (χ1v) is 14.2. The number of carbonyl (C=O) groups excluding carboxylic acids is 1. The van der Waals surface area contributed by atoms with Crippen molar-refractivity contribution in [2.24, 2.45) is 0 Å². The van der Waals surface area contributed by atoms with Crippen LogP contribution in [-0.2, 0) is 11.2 Å². The van der Waals surface area contributed by atoms with Crippen LogP contribution in [0.15, 0.2) is 115 Å². The van der Waals surface area contributed by atoms with E-state index in [-0.39, 0.29) is 23.0 Å². The minimum atomic E-state index is -1.81. The van der Waals surface area contributed by atoms with Crippen LogP contribution in [0, 0.1) is 0 Å². The van der Waals surface area contributed by atoms with Gasteiger partial charge in [0.25, 0.3) is 0 Å². The maximum absolute atomic E-state index is 12.4. The summed E-state index contributed by atoms with van der Waals surface area (Å²) < 4.78 is 5.50. The molecule has 0 amide bonds. The Labute approximate surface area is 226 Å². The number of hydrogen-bond acceptors (Lipinski definition) is 2. The van der Waals surface area contributed by atoms with Crippen LogP contribution in [0.1, 0.15) is 43.1 Å². The molecule has 2 nitrogen and oxygen atoms in total. The quantitative estimate of drug-likeness (QED) is 0.243. The monoisotopic (exact) mass is 560 g/mol. The third kappa shape index (κ3) is 6.72. The Kier molecular flexibility index (Phi) is 9.65. The predicted octanol–water partition coefficient (Wildman–Crippen LogP) is 3.57. The number of halogens is 1. The van der Waals surface area contributed by atoms with Gasteiger partial charge in [0.15, 0.2) is 0 Å². The molecule has 0 aliphatic heterocycles. The third-order valence-electron chi connectivity index (χ3n) is 6.14. The molecule has 36 heavy (non-hydrogen) atoms. The van der Waals surface area contributed by atoms with Gasteiger partial charge in [-0.3, -0.25) is 0 Å². The molecule has 0 unspecified atom stereocenters. The van der Waals surface area contributed by atoms with Crippen molar-refractivity contribution in [2.45, 2.75) is 39.2 Å². The van der Waals surface area contributed by atoms with E-state index in [0.717, 1.165) is 19.0 Å². The summed E-state index contributed by atoms with van der Waals surface area (Å²) in [6.07, 6.45) is 3.10. The molecule has 0 saturated carbocycles. The van der Waals surface area contributed by atoms with Gasteiger partial charge in [-0.15, -0.1) is 0 Å². The first-order valence-electron chi connectivity index (χ1n) is 12.3. The molecule has 4 aromatic rings. The Morgan fingerprint density at radius 1 is 0.667 bits per heavy atom. The molecule has 0 aliphatic carbocycles. The molecule has 4 heteroatoms. The Morgan fingerprint density at radius 3 is 1.47 bits per heavy atom. The molecule has 0 radical (unpaired) electrons.